The number of carbonyl (C=O) groups is 1. The molecule has 1 unspecified atom stereocenters. The maximum Gasteiger partial charge on any atom is 0.285 e. The van der Waals surface area contributed by atoms with E-state index in [-0.39, 0.29) is 6.04 Å². The maximum absolute atomic E-state index is 13.3. The van der Waals surface area contributed by atoms with Crippen molar-refractivity contribution in [2.24, 2.45) is 0 Å². The molecule has 4 heteroatoms. The lowest BCUT2D eigenvalue weighted by Crippen LogP contribution is -2.62. The second-order valence-electron chi connectivity index (χ2n) is 7.23. The molecule has 0 aliphatic carbocycles. The Labute approximate surface area is 144 Å². The molecular formula is C19H28ClN2O+. The van der Waals surface area contributed by atoms with Crippen molar-refractivity contribution in [1.29, 1.82) is 0 Å². The first kappa shape index (κ1) is 16.8. The van der Waals surface area contributed by atoms with E-state index in [2.05, 4.69) is 20.8 Å². The summed E-state index contributed by atoms with van der Waals surface area (Å²) in [6, 6.07) is 4.09. The third-order valence-corrected chi connectivity index (χ3v) is 6.10. The smallest absolute Gasteiger partial charge is 0.285 e. The largest absolute Gasteiger partial charge is 0.314 e. The summed E-state index contributed by atoms with van der Waals surface area (Å²) >= 11 is 6.17. The number of piperidine rings is 1. The zero-order chi connectivity index (χ0) is 16.6. The molecule has 1 atom stereocenters. The van der Waals surface area contributed by atoms with Crippen LogP contribution in [0.1, 0.15) is 43.7 Å². The number of rotatable bonds is 3. The average molecular weight is 336 g/mol. The van der Waals surface area contributed by atoms with Crippen LogP contribution in [0.15, 0.2) is 12.1 Å². The lowest BCUT2D eigenvalue weighted by Gasteiger charge is -2.44. The standard InChI is InChI=1S/C19H28ClN2O/c1-4-22(10-5-6-11-22)17-8-7-9-21(19(17)23)18-14(2)12-16(20)13-15(18)3/h12-13,17H,4-11H2,1-3H3/q+1. The van der Waals surface area contributed by atoms with E-state index < -0.39 is 0 Å². The summed E-state index contributed by atoms with van der Waals surface area (Å²) in [5, 5.41) is 0.751. The molecular weight excluding hydrogens is 308 g/mol. The number of hydrogen-bond donors (Lipinski definition) is 0. The number of hydrogen-bond acceptors (Lipinski definition) is 1. The number of halogens is 1. The molecule has 23 heavy (non-hydrogen) atoms. The van der Waals surface area contributed by atoms with Gasteiger partial charge in [-0.25, -0.2) is 0 Å². The number of likely N-dealkylation sites (tertiary alicyclic amines) is 1. The zero-order valence-corrected chi connectivity index (χ0v) is 15.3. The van der Waals surface area contributed by atoms with Gasteiger partial charge in [0.15, 0.2) is 6.04 Å². The van der Waals surface area contributed by atoms with Crippen molar-refractivity contribution in [2.75, 3.05) is 31.1 Å². The van der Waals surface area contributed by atoms with Gasteiger partial charge in [-0.3, -0.25) is 4.79 Å². The highest BCUT2D eigenvalue weighted by atomic mass is 35.5. The van der Waals surface area contributed by atoms with Crippen LogP contribution >= 0.6 is 11.6 Å². The molecule has 2 aliphatic heterocycles. The van der Waals surface area contributed by atoms with Crippen molar-refractivity contribution in [1.82, 2.24) is 0 Å². The number of benzene rings is 1. The molecule has 126 valence electrons. The van der Waals surface area contributed by atoms with Gasteiger partial charge in [0.1, 0.15) is 0 Å². The van der Waals surface area contributed by atoms with Crippen LogP contribution < -0.4 is 4.90 Å². The number of anilines is 1. The Kier molecular flexibility index (Phi) is 4.70. The number of quaternary nitrogens is 1. The first-order chi connectivity index (χ1) is 11.0. The fourth-order valence-electron chi connectivity index (χ4n) is 4.73. The van der Waals surface area contributed by atoms with E-state index in [9.17, 15) is 4.79 Å². The zero-order valence-electron chi connectivity index (χ0n) is 14.6. The molecule has 1 aromatic rings. The van der Waals surface area contributed by atoms with Gasteiger partial charge in [0.05, 0.1) is 19.6 Å². The molecule has 3 rings (SSSR count). The molecule has 1 aromatic carbocycles. The Morgan fingerprint density at radius 2 is 1.78 bits per heavy atom. The molecule has 2 fully saturated rings. The highest BCUT2D eigenvalue weighted by Gasteiger charge is 2.46. The second-order valence-corrected chi connectivity index (χ2v) is 7.66. The summed E-state index contributed by atoms with van der Waals surface area (Å²) in [7, 11) is 0. The van der Waals surface area contributed by atoms with Crippen LogP contribution in [0.4, 0.5) is 5.69 Å². The third kappa shape index (κ3) is 2.89. The van der Waals surface area contributed by atoms with Gasteiger partial charge in [0.2, 0.25) is 0 Å². The van der Waals surface area contributed by atoms with Crippen molar-refractivity contribution < 1.29 is 9.28 Å². The molecule has 0 radical (unpaired) electrons. The van der Waals surface area contributed by atoms with Gasteiger partial charge in [-0.2, -0.15) is 0 Å². The monoisotopic (exact) mass is 335 g/mol. The van der Waals surface area contributed by atoms with E-state index in [0.717, 1.165) is 52.3 Å². The molecule has 2 saturated heterocycles. The fraction of sp³-hybridized carbons (Fsp3) is 0.632. The predicted molar refractivity (Wildman–Crippen MR) is 96.1 cm³/mol. The molecule has 1 amide bonds. The van der Waals surface area contributed by atoms with Crippen molar-refractivity contribution in [2.45, 2.75) is 52.5 Å². The molecule has 0 saturated carbocycles. The van der Waals surface area contributed by atoms with Crippen LogP contribution in [0, 0.1) is 13.8 Å². The van der Waals surface area contributed by atoms with Crippen molar-refractivity contribution in [3.8, 4) is 0 Å². The summed E-state index contributed by atoms with van der Waals surface area (Å²) in [5.41, 5.74) is 3.29. The Balaban J connectivity index is 1.95. The van der Waals surface area contributed by atoms with Crippen LogP contribution in [0.2, 0.25) is 5.02 Å². The SMILES string of the molecule is CC[N+]1(C2CCCN(c3c(C)cc(Cl)cc3C)C2=O)CCCC1. The average Bonchev–Trinajstić information content (AvgIpc) is 2.98. The summed E-state index contributed by atoms with van der Waals surface area (Å²) in [6.45, 7) is 10.6. The highest BCUT2D eigenvalue weighted by Crippen LogP contribution is 2.35. The second kappa shape index (κ2) is 6.45. The van der Waals surface area contributed by atoms with E-state index in [1.54, 1.807) is 0 Å². The van der Waals surface area contributed by atoms with Gasteiger partial charge in [-0.05, 0) is 50.5 Å². The van der Waals surface area contributed by atoms with Crippen molar-refractivity contribution in [3.63, 3.8) is 0 Å². The van der Waals surface area contributed by atoms with E-state index >= 15 is 0 Å². The Morgan fingerprint density at radius 1 is 1.17 bits per heavy atom. The summed E-state index contributed by atoms with van der Waals surface area (Å²) in [5.74, 6) is 0.327. The number of nitrogens with zero attached hydrogens (tertiary/aromatic N) is 2. The maximum atomic E-state index is 13.3. The summed E-state index contributed by atoms with van der Waals surface area (Å²) in [6.07, 6.45) is 4.65. The molecule has 2 aliphatic rings. The van der Waals surface area contributed by atoms with E-state index in [4.69, 9.17) is 11.6 Å². The topological polar surface area (TPSA) is 20.3 Å². The van der Waals surface area contributed by atoms with Gasteiger partial charge in [0, 0.05) is 36.5 Å². The lowest BCUT2D eigenvalue weighted by atomic mass is 9.97. The minimum atomic E-state index is 0.144. The van der Waals surface area contributed by atoms with Crippen LogP contribution in [0.5, 0.6) is 0 Å². The van der Waals surface area contributed by atoms with Crippen LogP contribution in [0.3, 0.4) is 0 Å². The van der Waals surface area contributed by atoms with Crippen molar-refractivity contribution in [3.05, 3.63) is 28.3 Å². The number of carbonyl (C=O) groups excluding carboxylic acids is 1. The molecule has 0 aromatic heterocycles. The van der Waals surface area contributed by atoms with Crippen molar-refractivity contribution >= 4 is 23.2 Å². The summed E-state index contributed by atoms with van der Waals surface area (Å²) in [4.78, 5) is 15.4. The number of amides is 1. The van der Waals surface area contributed by atoms with Gasteiger partial charge in [-0.1, -0.05) is 11.6 Å². The first-order valence-electron chi connectivity index (χ1n) is 8.92. The minimum absolute atomic E-state index is 0.144. The Hall–Kier alpha value is -1.06. The molecule has 0 N–H and O–H groups in total. The van der Waals surface area contributed by atoms with E-state index in [1.165, 1.54) is 25.9 Å². The normalized spacial score (nSPS) is 24.3. The van der Waals surface area contributed by atoms with Crippen LogP contribution in [0.25, 0.3) is 0 Å². The molecule has 3 nitrogen and oxygen atoms in total. The van der Waals surface area contributed by atoms with Crippen LogP contribution in [-0.4, -0.2) is 42.6 Å². The van der Waals surface area contributed by atoms with Gasteiger partial charge >= 0.3 is 0 Å². The fourth-order valence-corrected chi connectivity index (χ4v) is 5.06. The molecule has 0 spiro atoms. The third-order valence-electron chi connectivity index (χ3n) is 5.88. The highest BCUT2D eigenvalue weighted by molar-refractivity contribution is 6.30. The minimum Gasteiger partial charge on any atom is -0.314 e. The molecule has 2 heterocycles. The Morgan fingerprint density at radius 3 is 2.35 bits per heavy atom. The number of aryl methyl sites for hydroxylation is 2. The van der Waals surface area contributed by atoms with Gasteiger partial charge in [0.25, 0.3) is 5.91 Å². The van der Waals surface area contributed by atoms with Crippen LogP contribution in [-0.2, 0) is 4.79 Å². The van der Waals surface area contributed by atoms with Gasteiger partial charge in [-0.15, -0.1) is 0 Å². The Bertz CT molecular complexity index is 584. The first-order valence-corrected chi connectivity index (χ1v) is 9.30. The lowest BCUT2D eigenvalue weighted by molar-refractivity contribution is -0.930. The number of likely N-dealkylation sites (N-methyl/N-ethyl adjacent to an activating group) is 1. The summed E-state index contributed by atoms with van der Waals surface area (Å²) < 4.78 is 1.00. The quantitative estimate of drug-likeness (QED) is 0.762. The van der Waals surface area contributed by atoms with E-state index in [1.807, 2.05) is 17.0 Å². The predicted octanol–water partition coefficient (Wildman–Crippen LogP) is 4.08. The van der Waals surface area contributed by atoms with E-state index in [0.29, 0.717) is 5.91 Å². The van der Waals surface area contributed by atoms with Gasteiger partial charge < -0.3 is 9.38 Å². The molecule has 0 bridgehead atoms.